The first-order valence-electron chi connectivity index (χ1n) is 8.65. The topological polar surface area (TPSA) is 51.2 Å². The Morgan fingerprint density at radius 3 is 2.75 bits per heavy atom. The van der Waals surface area contributed by atoms with Crippen LogP contribution >= 0.6 is 22.7 Å². The highest BCUT2D eigenvalue weighted by Gasteiger charge is 2.31. The Kier molecular flexibility index (Phi) is 5.47. The molecular formula is C18H17F3N2O2S3. The molecule has 1 aliphatic rings. The normalized spacial score (nSPS) is 17.1. The molecule has 0 amide bonds. The Bertz CT molecular complexity index is 1020. The van der Waals surface area contributed by atoms with E-state index >= 15 is 0 Å². The molecular weight excluding hydrogens is 429 g/mol. The summed E-state index contributed by atoms with van der Waals surface area (Å²) in [4.78, 5) is 4.54. The molecule has 1 N–H and O–H groups in total. The third-order valence-corrected chi connectivity index (χ3v) is 8.43. The van der Waals surface area contributed by atoms with Crippen molar-refractivity contribution in [1.29, 1.82) is 0 Å². The molecule has 1 unspecified atom stereocenters. The monoisotopic (exact) mass is 446 g/mol. The van der Waals surface area contributed by atoms with Crippen LogP contribution in [0.3, 0.4) is 0 Å². The number of ether oxygens (including phenoxy) is 1. The summed E-state index contributed by atoms with van der Waals surface area (Å²) in [6.07, 6.45) is -2.56. The minimum absolute atomic E-state index is 0.348. The number of aromatic nitrogens is 1. The first kappa shape index (κ1) is 19.8. The smallest absolute Gasteiger partial charge is 0.381 e. The molecule has 0 bridgehead atoms. The summed E-state index contributed by atoms with van der Waals surface area (Å²) >= 11 is 2.62. The van der Waals surface area contributed by atoms with Crippen LogP contribution in [0, 0.1) is 6.92 Å². The maximum atomic E-state index is 13.0. The van der Waals surface area contributed by atoms with Gasteiger partial charge in [-0.05, 0) is 48.9 Å². The third-order valence-electron chi connectivity index (χ3n) is 4.73. The van der Waals surface area contributed by atoms with Crippen molar-refractivity contribution >= 4 is 48.9 Å². The van der Waals surface area contributed by atoms with Crippen molar-refractivity contribution < 1.29 is 22.1 Å². The van der Waals surface area contributed by atoms with Crippen molar-refractivity contribution in [1.82, 2.24) is 4.98 Å². The molecule has 1 saturated heterocycles. The van der Waals surface area contributed by atoms with Crippen LogP contribution in [-0.2, 0) is 21.9 Å². The van der Waals surface area contributed by atoms with Gasteiger partial charge in [-0.3, -0.25) is 4.72 Å². The molecule has 1 aromatic carbocycles. The van der Waals surface area contributed by atoms with Gasteiger partial charge in [0.15, 0.2) is 16.1 Å². The van der Waals surface area contributed by atoms with E-state index in [0.717, 1.165) is 43.9 Å². The van der Waals surface area contributed by atoms with Crippen molar-refractivity contribution in [2.75, 3.05) is 17.9 Å². The fourth-order valence-electron chi connectivity index (χ4n) is 3.19. The van der Waals surface area contributed by atoms with E-state index in [1.54, 1.807) is 6.92 Å². The van der Waals surface area contributed by atoms with Gasteiger partial charge in [-0.15, -0.1) is 22.7 Å². The second-order valence-corrected chi connectivity index (χ2v) is 9.88. The lowest BCUT2D eigenvalue weighted by Gasteiger charge is -2.19. The summed E-state index contributed by atoms with van der Waals surface area (Å²) in [5.74, 6) is 0.348. The van der Waals surface area contributed by atoms with Crippen LogP contribution in [0.15, 0.2) is 27.8 Å². The fraction of sp³-hybridized carbons (Fsp3) is 0.389. The van der Waals surface area contributed by atoms with Crippen LogP contribution in [0.4, 0.5) is 18.3 Å². The van der Waals surface area contributed by atoms with Crippen molar-refractivity contribution in [3.05, 3.63) is 40.4 Å². The molecule has 1 aliphatic heterocycles. The molecule has 1 fully saturated rings. The van der Waals surface area contributed by atoms with Crippen LogP contribution in [0.2, 0.25) is 0 Å². The van der Waals surface area contributed by atoms with Crippen LogP contribution in [-0.4, -0.2) is 22.4 Å². The number of thiazole rings is 1. The molecule has 0 aliphatic carbocycles. The highest BCUT2D eigenvalue weighted by atomic mass is 32.2. The van der Waals surface area contributed by atoms with Gasteiger partial charge >= 0.3 is 6.18 Å². The Morgan fingerprint density at radius 1 is 1.29 bits per heavy atom. The van der Waals surface area contributed by atoms with Crippen LogP contribution in [0.5, 0.6) is 0 Å². The van der Waals surface area contributed by atoms with Gasteiger partial charge in [0.25, 0.3) is 0 Å². The molecule has 0 radical (unpaired) electrons. The minimum Gasteiger partial charge on any atom is -0.381 e. The number of benzene rings is 1. The van der Waals surface area contributed by atoms with E-state index in [9.17, 15) is 17.4 Å². The standard InChI is InChI=1S/C18H17F3N2O2S3/c1-10-13-8-12(18(19,20)21)2-3-15(13)27-16(10)28(24)23-17-22-14(9-26-17)11-4-6-25-7-5-11/h2-3,8-9,11H,4-7H2,1H3,(H,22,23). The van der Waals surface area contributed by atoms with Gasteiger partial charge in [-0.2, -0.15) is 13.2 Å². The van der Waals surface area contributed by atoms with E-state index in [1.807, 2.05) is 5.38 Å². The second kappa shape index (κ2) is 7.74. The van der Waals surface area contributed by atoms with E-state index in [0.29, 0.717) is 30.9 Å². The molecule has 150 valence electrons. The minimum atomic E-state index is -4.40. The van der Waals surface area contributed by atoms with E-state index in [2.05, 4.69) is 9.71 Å². The van der Waals surface area contributed by atoms with Crippen molar-refractivity contribution in [3.63, 3.8) is 0 Å². The number of alkyl halides is 3. The zero-order chi connectivity index (χ0) is 19.9. The first-order chi connectivity index (χ1) is 13.3. The van der Waals surface area contributed by atoms with Gasteiger partial charge in [0, 0.05) is 29.2 Å². The number of aryl methyl sites for hydroxylation is 1. The Morgan fingerprint density at radius 2 is 2.04 bits per heavy atom. The molecule has 3 heterocycles. The molecule has 2 aromatic heterocycles. The third kappa shape index (κ3) is 3.96. The molecule has 1 atom stereocenters. The van der Waals surface area contributed by atoms with Gasteiger partial charge in [0.2, 0.25) is 0 Å². The zero-order valence-corrected chi connectivity index (χ0v) is 17.3. The van der Waals surface area contributed by atoms with Gasteiger partial charge in [0.05, 0.1) is 11.3 Å². The van der Waals surface area contributed by atoms with Crippen LogP contribution in [0.1, 0.15) is 35.6 Å². The van der Waals surface area contributed by atoms with E-state index in [-0.39, 0.29) is 0 Å². The molecule has 4 nitrogen and oxygen atoms in total. The van der Waals surface area contributed by atoms with E-state index < -0.39 is 22.7 Å². The summed E-state index contributed by atoms with van der Waals surface area (Å²) < 4.78 is 61.2. The molecule has 0 saturated carbocycles. The van der Waals surface area contributed by atoms with Crippen molar-refractivity contribution in [3.8, 4) is 0 Å². The average molecular weight is 447 g/mol. The lowest BCUT2D eigenvalue weighted by atomic mass is 9.98. The van der Waals surface area contributed by atoms with E-state index in [1.165, 1.54) is 28.7 Å². The van der Waals surface area contributed by atoms with Gasteiger partial charge in [-0.1, -0.05) is 0 Å². The van der Waals surface area contributed by atoms with Crippen molar-refractivity contribution in [2.45, 2.75) is 36.1 Å². The summed E-state index contributed by atoms with van der Waals surface area (Å²) in [7, 11) is -1.59. The number of hydrogen-bond acceptors (Lipinski definition) is 5. The highest BCUT2D eigenvalue weighted by molar-refractivity contribution is 7.89. The lowest BCUT2D eigenvalue weighted by molar-refractivity contribution is -0.137. The predicted molar refractivity (Wildman–Crippen MR) is 107 cm³/mol. The number of anilines is 1. The summed E-state index contributed by atoms with van der Waals surface area (Å²) in [6.45, 7) is 3.14. The van der Waals surface area contributed by atoms with Gasteiger partial charge < -0.3 is 4.74 Å². The average Bonchev–Trinajstić information content (AvgIpc) is 3.26. The number of rotatable bonds is 4. The summed E-state index contributed by atoms with van der Waals surface area (Å²) in [5.41, 5.74) is 0.862. The van der Waals surface area contributed by atoms with Crippen LogP contribution in [0.25, 0.3) is 10.1 Å². The number of nitrogens with one attached hydrogen (secondary N) is 1. The Hall–Kier alpha value is -1.49. The number of nitrogens with zero attached hydrogens (tertiary/aromatic N) is 1. The summed E-state index contributed by atoms with van der Waals surface area (Å²) in [5, 5.41) is 2.99. The van der Waals surface area contributed by atoms with Gasteiger partial charge in [0.1, 0.15) is 4.21 Å². The number of hydrogen-bond donors (Lipinski definition) is 1. The second-order valence-electron chi connectivity index (χ2n) is 6.56. The zero-order valence-electron chi connectivity index (χ0n) is 14.8. The molecule has 0 spiro atoms. The fourth-order valence-corrected chi connectivity index (χ4v) is 6.55. The number of thiophene rings is 1. The quantitative estimate of drug-likeness (QED) is 0.558. The highest BCUT2D eigenvalue weighted by Crippen LogP contribution is 2.38. The molecule has 28 heavy (non-hydrogen) atoms. The van der Waals surface area contributed by atoms with E-state index in [4.69, 9.17) is 4.74 Å². The number of halogens is 3. The summed E-state index contributed by atoms with van der Waals surface area (Å²) in [6, 6.07) is 3.61. The van der Waals surface area contributed by atoms with Gasteiger partial charge in [-0.25, -0.2) is 9.19 Å². The maximum absolute atomic E-state index is 13.0. The molecule has 4 rings (SSSR count). The largest absolute Gasteiger partial charge is 0.416 e. The SMILES string of the molecule is Cc1c(S(=O)Nc2nc(C3CCOCC3)cs2)sc2ccc(C(F)(F)F)cc12. The lowest BCUT2D eigenvalue weighted by Crippen LogP contribution is -2.14. The maximum Gasteiger partial charge on any atom is 0.416 e. The molecule has 3 aromatic rings. The van der Waals surface area contributed by atoms with Crippen LogP contribution < -0.4 is 4.72 Å². The molecule has 10 heteroatoms. The Balaban J connectivity index is 1.56. The number of fused-ring (bicyclic) bond motifs is 1. The van der Waals surface area contributed by atoms with Crippen molar-refractivity contribution in [2.24, 2.45) is 0 Å². The predicted octanol–water partition coefficient (Wildman–Crippen LogP) is 5.71. The first-order valence-corrected chi connectivity index (χ1v) is 11.5. The Labute approximate surface area is 170 Å².